The highest BCUT2D eigenvalue weighted by atomic mass is 79.9. The van der Waals surface area contributed by atoms with Gasteiger partial charge in [-0.15, -0.1) is 0 Å². The molecule has 2 heterocycles. The van der Waals surface area contributed by atoms with Crippen molar-refractivity contribution in [1.82, 2.24) is 19.3 Å². The highest BCUT2D eigenvalue weighted by molar-refractivity contribution is 9.10. The number of rotatable bonds is 4. The Labute approximate surface area is 107 Å². The Morgan fingerprint density at radius 1 is 1.41 bits per heavy atom. The van der Waals surface area contributed by atoms with Crippen LogP contribution in [0.4, 0.5) is 0 Å². The molecule has 0 saturated carbocycles. The monoisotopic (exact) mass is 296 g/mol. The Kier molecular flexibility index (Phi) is 3.73. The van der Waals surface area contributed by atoms with E-state index in [9.17, 15) is 4.79 Å². The van der Waals surface area contributed by atoms with Gasteiger partial charge < -0.3 is 4.57 Å². The molecular formula is C11H13BrN4O. The van der Waals surface area contributed by atoms with Gasteiger partial charge in [-0.3, -0.25) is 4.79 Å². The lowest BCUT2D eigenvalue weighted by molar-refractivity contribution is 0.550. The van der Waals surface area contributed by atoms with E-state index < -0.39 is 0 Å². The van der Waals surface area contributed by atoms with Gasteiger partial charge in [-0.25, -0.2) is 9.67 Å². The van der Waals surface area contributed by atoms with Gasteiger partial charge in [0.15, 0.2) is 0 Å². The van der Waals surface area contributed by atoms with Crippen molar-refractivity contribution < 1.29 is 0 Å². The minimum absolute atomic E-state index is 0.0424. The standard InChI is InChI=1S/C11H13BrN4O/c1-2-5-16-10(13-8-14-16)7-15-6-9(12)3-4-11(15)17/h3-4,6,8H,2,5,7H2,1H3. The van der Waals surface area contributed by atoms with Crippen molar-refractivity contribution in [2.75, 3.05) is 0 Å². The minimum atomic E-state index is -0.0424. The van der Waals surface area contributed by atoms with E-state index in [4.69, 9.17) is 0 Å². The van der Waals surface area contributed by atoms with Gasteiger partial charge in [-0.1, -0.05) is 6.92 Å². The van der Waals surface area contributed by atoms with Crippen LogP contribution in [0.25, 0.3) is 0 Å². The molecule has 0 unspecified atom stereocenters. The first kappa shape index (κ1) is 12.0. The number of hydrogen-bond donors (Lipinski definition) is 0. The Morgan fingerprint density at radius 3 is 3.00 bits per heavy atom. The maximum atomic E-state index is 11.7. The van der Waals surface area contributed by atoms with Crippen LogP contribution < -0.4 is 5.56 Å². The van der Waals surface area contributed by atoms with Crippen LogP contribution in [0.15, 0.2) is 33.9 Å². The summed E-state index contributed by atoms with van der Waals surface area (Å²) in [7, 11) is 0. The highest BCUT2D eigenvalue weighted by Gasteiger charge is 2.05. The fourth-order valence-corrected chi connectivity index (χ4v) is 1.97. The van der Waals surface area contributed by atoms with Crippen LogP contribution in [-0.2, 0) is 13.1 Å². The molecule has 17 heavy (non-hydrogen) atoms. The molecule has 2 rings (SSSR count). The SMILES string of the molecule is CCCn1ncnc1Cn1cc(Br)ccc1=O. The van der Waals surface area contributed by atoms with Crippen LogP contribution in [0.3, 0.4) is 0 Å². The Morgan fingerprint density at radius 2 is 2.24 bits per heavy atom. The number of hydrogen-bond acceptors (Lipinski definition) is 3. The van der Waals surface area contributed by atoms with Crippen LogP contribution in [-0.4, -0.2) is 19.3 Å². The molecule has 5 nitrogen and oxygen atoms in total. The molecule has 0 saturated heterocycles. The van der Waals surface area contributed by atoms with Gasteiger partial charge in [0.25, 0.3) is 5.56 Å². The third-order valence-electron chi connectivity index (χ3n) is 2.39. The summed E-state index contributed by atoms with van der Waals surface area (Å²) in [6.45, 7) is 3.34. The molecule has 0 aliphatic heterocycles. The van der Waals surface area contributed by atoms with E-state index in [1.54, 1.807) is 16.8 Å². The van der Waals surface area contributed by atoms with E-state index in [-0.39, 0.29) is 5.56 Å². The molecule has 2 aromatic heterocycles. The smallest absolute Gasteiger partial charge is 0.250 e. The maximum Gasteiger partial charge on any atom is 0.250 e. The largest absolute Gasteiger partial charge is 0.307 e. The van der Waals surface area contributed by atoms with Crippen LogP contribution in [0.5, 0.6) is 0 Å². The fourth-order valence-electron chi connectivity index (χ4n) is 1.59. The summed E-state index contributed by atoms with van der Waals surface area (Å²) in [5.41, 5.74) is -0.0424. The van der Waals surface area contributed by atoms with Crippen LogP contribution in [0, 0.1) is 0 Å². The van der Waals surface area contributed by atoms with Gasteiger partial charge in [-0.05, 0) is 28.4 Å². The van der Waals surface area contributed by atoms with Crippen LogP contribution in [0.1, 0.15) is 19.2 Å². The quantitative estimate of drug-likeness (QED) is 0.862. The topological polar surface area (TPSA) is 52.7 Å². The first-order valence-corrected chi connectivity index (χ1v) is 6.22. The second kappa shape index (κ2) is 5.27. The van der Waals surface area contributed by atoms with Crippen molar-refractivity contribution in [2.24, 2.45) is 0 Å². The third kappa shape index (κ3) is 2.82. The highest BCUT2D eigenvalue weighted by Crippen LogP contribution is 2.06. The summed E-state index contributed by atoms with van der Waals surface area (Å²) >= 11 is 3.35. The average Bonchev–Trinajstić information content (AvgIpc) is 2.72. The molecule has 0 aromatic carbocycles. The second-order valence-electron chi connectivity index (χ2n) is 3.71. The molecule has 0 radical (unpaired) electrons. The Bertz CT molecular complexity index is 561. The molecular weight excluding hydrogens is 284 g/mol. The third-order valence-corrected chi connectivity index (χ3v) is 2.86. The van der Waals surface area contributed by atoms with E-state index in [1.807, 2.05) is 4.68 Å². The van der Waals surface area contributed by atoms with Gasteiger partial charge in [0.05, 0.1) is 6.54 Å². The minimum Gasteiger partial charge on any atom is -0.307 e. The number of nitrogens with zero attached hydrogens (tertiary/aromatic N) is 4. The summed E-state index contributed by atoms with van der Waals surface area (Å²) in [5.74, 6) is 0.798. The Balaban J connectivity index is 2.28. The molecule has 0 aliphatic carbocycles. The van der Waals surface area contributed by atoms with E-state index in [2.05, 4.69) is 32.9 Å². The lowest BCUT2D eigenvalue weighted by Gasteiger charge is -2.07. The zero-order chi connectivity index (χ0) is 12.3. The van der Waals surface area contributed by atoms with Gasteiger partial charge in [0.2, 0.25) is 0 Å². The zero-order valence-corrected chi connectivity index (χ0v) is 11.1. The van der Waals surface area contributed by atoms with E-state index >= 15 is 0 Å². The zero-order valence-electron chi connectivity index (χ0n) is 9.51. The number of pyridine rings is 1. The van der Waals surface area contributed by atoms with Crippen LogP contribution >= 0.6 is 15.9 Å². The van der Waals surface area contributed by atoms with Crippen molar-refractivity contribution in [3.8, 4) is 0 Å². The van der Waals surface area contributed by atoms with E-state index in [0.717, 1.165) is 23.3 Å². The normalized spacial score (nSPS) is 10.7. The van der Waals surface area contributed by atoms with Crippen LogP contribution in [0.2, 0.25) is 0 Å². The summed E-state index contributed by atoms with van der Waals surface area (Å²) in [4.78, 5) is 15.8. The van der Waals surface area contributed by atoms with Crippen molar-refractivity contribution in [2.45, 2.75) is 26.4 Å². The summed E-state index contributed by atoms with van der Waals surface area (Å²) < 4.78 is 4.31. The van der Waals surface area contributed by atoms with E-state index in [0.29, 0.717) is 6.54 Å². The van der Waals surface area contributed by atoms with Gasteiger partial charge in [0, 0.05) is 23.3 Å². The van der Waals surface area contributed by atoms with E-state index in [1.165, 1.54) is 12.4 Å². The maximum absolute atomic E-state index is 11.7. The second-order valence-corrected chi connectivity index (χ2v) is 4.63. The molecule has 0 amide bonds. The lowest BCUT2D eigenvalue weighted by atomic mass is 10.4. The predicted octanol–water partition coefficient (Wildman–Crippen LogP) is 1.66. The molecule has 90 valence electrons. The van der Waals surface area contributed by atoms with Gasteiger partial charge in [0.1, 0.15) is 12.2 Å². The molecule has 0 bridgehead atoms. The van der Waals surface area contributed by atoms with Gasteiger partial charge >= 0.3 is 0 Å². The first-order chi connectivity index (χ1) is 8.20. The molecule has 2 aromatic rings. The predicted molar refractivity (Wildman–Crippen MR) is 67.8 cm³/mol. The number of aryl methyl sites for hydroxylation is 1. The summed E-state index contributed by atoms with van der Waals surface area (Å²) in [5, 5.41) is 4.13. The number of aromatic nitrogens is 4. The molecule has 0 fully saturated rings. The molecule has 6 heteroatoms. The number of halogens is 1. The summed E-state index contributed by atoms with van der Waals surface area (Å²) in [6.07, 6.45) is 4.27. The first-order valence-electron chi connectivity index (χ1n) is 5.43. The van der Waals surface area contributed by atoms with Gasteiger partial charge in [-0.2, -0.15) is 5.10 Å². The summed E-state index contributed by atoms with van der Waals surface area (Å²) in [6, 6.07) is 3.26. The van der Waals surface area contributed by atoms with Crippen molar-refractivity contribution in [3.63, 3.8) is 0 Å². The molecule has 0 aliphatic rings. The fraction of sp³-hybridized carbons (Fsp3) is 0.364. The Hall–Kier alpha value is -1.43. The van der Waals surface area contributed by atoms with Crippen molar-refractivity contribution in [1.29, 1.82) is 0 Å². The van der Waals surface area contributed by atoms with Crippen molar-refractivity contribution in [3.05, 3.63) is 45.3 Å². The lowest BCUT2D eigenvalue weighted by Crippen LogP contribution is -2.21. The molecule has 0 atom stereocenters. The average molecular weight is 297 g/mol. The molecule has 0 spiro atoms. The molecule has 0 N–H and O–H groups in total. The van der Waals surface area contributed by atoms with Crippen molar-refractivity contribution >= 4 is 15.9 Å².